The largest absolute Gasteiger partial charge is 0.380 e. The zero-order chi connectivity index (χ0) is 12.7. The fourth-order valence-corrected chi connectivity index (χ4v) is 3.31. The Hall–Kier alpha value is -0.120. The summed E-state index contributed by atoms with van der Waals surface area (Å²) in [6.45, 7) is 4.51. The Bertz CT molecular complexity index is 199. The number of hydrazine groups is 1. The van der Waals surface area contributed by atoms with Crippen LogP contribution in [-0.2, 0) is 4.74 Å². The van der Waals surface area contributed by atoms with Gasteiger partial charge in [-0.1, -0.05) is 39.5 Å². The fraction of sp³-hybridized carbons (Fsp3) is 1.00. The molecule has 4 atom stereocenters. The molecule has 0 aromatic rings. The lowest BCUT2D eigenvalue weighted by Gasteiger charge is -2.37. The minimum atomic E-state index is 0.269. The zero-order valence-electron chi connectivity index (χ0n) is 11.7. The highest BCUT2D eigenvalue weighted by Crippen LogP contribution is 2.34. The molecule has 1 aliphatic carbocycles. The second-order valence-corrected chi connectivity index (χ2v) is 5.46. The standard InChI is InChI=1S/C14H30N2O/c1-4-7-13(17-3)14(16-15)12-9-6-8-11(5-2)10-12/h11-14,16H,4-10,15H2,1-3H3. The van der Waals surface area contributed by atoms with Crippen LogP contribution in [0.4, 0.5) is 0 Å². The summed E-state index contributed by atoms with van der Waals surface area (Å²) in [7, 11) is 1.81. The Labute approximate surface area is 106 Å². The molecule has 0 aromatic carbocycles. The van der Waals surface area contributed by atoms with Gasteiger partial charge in [0.2, 0.25) is 0 Å². The average molecular weight is 242 g/mol. The van der Waals surface area contributed by atoms with Gasteiger partial charge in [0, 0.05) is 7.11 Å². The van der Waals surface area contributed by atoms with Gasteiger partial charge in [0.05, 0.1) is 12.1 Å². The molecule has 1 rings (SSSR count). The Morgan fingerprint density at radius 3 is 2.65 bits per heavy atom. The first kappa shape index (κ1) is 14.9. The highest BCUT2D eigenvalue weighted by molar-refractivity contribution is 4.86. The van der Waals surface area contributed by atoms with Crippen molar-refractivity contribution in [2.75, 3.05) is 7.11 Å². The van der Waals surface area contributed by atoms with E-state index in [-0.39, 0.29) is 6.10 Å². The van der Waals surface area contributed by atoms with Gasteiger partial charge in [-0.15, -0.1) is 0 Å². The van der Waals surface area contributed by atoms with E-state index in [1.54, 1.807) is 0 Å². The molecule has 0 bridgehead atoms. The van der Waals surface area contributed by atoms with Crippen LogP contribution < -0.4 is 11.3 Å². The molecule has 1 fully saturated rings. The van der Waals surface area contributed by atoms with Gasteiger partial charge in [-0.2, -0.15) is 0 Å². The first-order chi connectivity index (χ1) is 8.26. The average Bonchev–Trinajstić information content (AvgIpc) is 2.38. The lowest BCUT2D eigenvalue weighted by molar-refractivity contribution is 0.0274. The molecule has 0 heterocycles. The number of rotatable bonds is 7. The maximum absolute atomic E-state index is 5.77. The topological polar surface area (TPSA) is 47.3 Å². The van der Waals surface area contributed by atoms with Gasteiger partial charge in [-0.25, -0.2) is 0 Å². The predicted molar refractivity (Wildman–Crippen MR) is 72.6 cm³/mol. The van der Waals surface area contributed by atoms with E-state index in [9.17, 15) is 0 Å². The first-order valence-corrected chi connectivity index (χ1v) is 7.25. The highest BCUT2D eigenvalue weighted by Gasteiger charge is 2.32. The molecule has 102 valence electrons. The number of methoxy groups -OCH3 is 1. The van der Waals surface area contributed by atoms with E-state index >= 15 is 0 Å². The van der Waals surface area contributed by atoms with Gasteiger partial charge >= 0.3 is 0 Å². The van der Waals surface area contributed by atoms with Crippen molar-refractivity contribution in [3.05, 3.63) is 0 Å². The van der Waals surface area contributed by atoms with Crippen LogP contribution in [0.3, 0.4) is 0 Å². The molecule has 0 aliphatic heterocycles. The van der Waals surface area contributed by atoms with Crippen molar-refractivity contribution in [2.45, 2.75) is 70.9 Å². The molecule has 1 saturated carbocycles. The van der Waals surface area contributed by atoms with Crippen LogP contribution in [0.5, 0.6) is 0 Å². The number of hydrogen-bond acceptors (Lipinski definition) is 3. The third-order valence-electron chi connectivity index (χ3n) is 4.38. The molecule has 0 spiro atoms. The zero-order valence-corrected chi connectivity index (χ0v) is 11.7. The summed E-state index contributed by atoms with van der Waals surface area (Å²) in [6.07, 6.45) is 9.19. The lowest BCUT2D eigenvalue weighted by Crippen LogP contribution is -2.50. The van der Waals surface area contributed by atoms with Gasteiger partial charge in [-0.3, -0.25) is 11.3 Å². The number of hydrogen-bond donors (Lipinski definition) is 2. The van der Waals surface area contributed by atoms with E-state index in [2.05, 4.69) is 19.3 Å². The van der Waals surface area contributed by atoms with Crippen LogP contribution in [0.25, 0.3) is 0 Å². The molecule has 0 saturated heterocycles. The van der Waals surface area contributed by atoms with Gasteiger partial charge in [0.15, 0.2) is 0 Å². The molecule has 0 amide bonds. The van der Waals surface area contributed by atoms with Crippen molar-refractivity contribution in [1.29, 1.82) is 0 Å². The summed E-state index contributed by atoms with van der Waals surface area (Å²) in [5.74, 6) is 7.35. The van der Waals surface area contributed by atoms with Crippen molar-refractivity contribution in [1.82, 2.24) is 5.43 Å². The highest BCUT2D eigenvalue weighted by atomic mass is 16.5. The number of ether oxygens (including phenoxy) is 1. The summed E-state index contributed by atoms with van der Waals surface area (Å²) in [6, 6.07) is 0.328. The van der Waals surface area contributed by atoms with Crippen molar-refractivity contribution >= 4 is 0 Å². The molecule has 0 aromatic heterocycles. The fourth-order valence-electron chi connectivity index (χ4n) is 3.31. The molecule has 3 N–H and O–H groups in total. The minimum absolute atomic E-state index is 0.269. The molecule has 4 unspecified atom stereocenters. The third-order valence-corrected chi connectivity index (χ3v) is 4.38. The first-order valence-electron chi connectivity index (χ1n) is 7.25. The van der Waals surface area contributed by atoms with E-state index in [0.717, 1.165) is 18.8 Å². The molecule has 17 heavy (non-hydrogen) atoms. The van der Waals surface area contributed by atoms with E-state index < -0.39 is 0 Å². The molecule has 3 nitrogen and oxygen atoms in total. The van der Waals surface area contributed by atoms with Gasteiger partial charge in [0.1, 0.15) is 0 Å². The van der Waals surface area contributed by atoms with Crippen LogP contribution in [-0.4, -0.2) is 19.3 Å². The van der Waals surface area contributed by atoms with E-state index in [1.165, 1.54) is 32.1 Å². The van der Waals surface area contributed by atoms with Crippen molar-refractivity contribution in [3.8, 4) is 0 Å². The molecule has 0 radical (unpaired) electrons. The van der Waals surface area contributed by atoms with Gasteiger partial charge in [0.25, 0.3) is 0 Å². The Kier molecular flexibility index (Phi) is 7.09. The molecular weight excluding hydrogens is 212 g/mol. The quantitative estimate of drug-likeness (QED) is 0.533. The lowest BCUT2D eigenvalue weighted by atomic mass is 9.75. The summed E-state index contributed by atoms with van der Waals surface area (Å²) < 4.78 is 5.62. The number of nitrogens with two attached hydrogens (primary N) is 1. The summed E-state index contributed by atoms with van der Waals surface area (Å²) in [5.41, 5.74) is 3.03. The second kappa shape index (κ2) is 8.06. The van der Waals surface area contributed by atoms with Crippen LogP contribution in [0.2, 0.25) is 0 Å². The molecular formula is C14H30N2O. The van der Waals surface area contributed by atoms with E-state index in [0.29, 0.717) is 12.0 Å². The number of nitrogens with one attached hydrogen (secondary N) is 1. The SMILES string of the molecule is CCCC(OC)C(NN)C1CCCC(CC)C1. The summed E-state index contributed by atoms with van der Waals surface area (Å²) in [4.78, 5) is 0. The Morgan fingerprint density at radius 2 is 2.12 bits per heavy atom. The molecule has 3 heteroatoms. The Morgan fingerprint density at radius 1 is 1.35 bits per heavy atom. The predicted octanol–water partition coefficient (Wildman–Crippen LogP) is 2.85. The van der Waals surface area contributed by atoms with Crippen molar-refractivity contribution < 1.29 is 4.74 Å². The second-order valence-electron chi connectivity index (χ2n) is 5.46. The monoisotopic (exact) mass is 242 g/mol. The maximum atomic E-state index is 5.77. The Balaban J connectivity index is 2.58. The summed E-state index contributed by atoms with van der Waals surface area (Å²) >= 11 is 0. The minimum Gasteiger partial charge on any atom is -0.380 e. The molecule has 1 aliphatic rings. The van der Waals surface area contributed by atoms with Crippen LogP contribution in [0, 0.1) is 11.8 Å². The van der Waals surface area contributed by atoms with E-state index in [1.807, 2.05) is 7.11 Å². The van der Waals surface area contributed by atoms with Crippen molar-refractivity contribution in [2.24, 2.45) is 17.7 Å². The summed E-state index contributed by atoms with van der Waals surface area (Å²) in [5, 5.41) is 0. The third kappa shape index (κ3) is 4.23. The van der Waals surface area contributed by atoms with Crippen LogP contribution in [0.1, 0.15) is 58.8 Å². The van der Waals surface area contributed by atoms with E-state index in [4.69, 9.17) is 10.6 Å². The van der Waals surface area contributed by atoms with Gasteiger partial charge in [-0.05, 0) is 31.1 Å². The van der Waals surface area contributed by atoms with Crippen LogP contribution >= 0.6 is 0 Å². The van der Waals surface area contributed by atoms with Crippen LogP contribution in [0.15, 0.2) is 0 Å². The van der Waals surface area contributed by atoms with Gasteiger partial charge < -0.3 is 4.74 Å². The maximum Gasteiger partial charge on any atom is 0.0740 e. The smallest absolute Gasteiger partial charge is 0.0740 e. The normalized spacial score (nSPS) is 28.9. The van der Waals surface area contributed by atoms with Crippen molar-refractivity contribution in [3.63, 3.8) is 0 Å².